The van der Waals surface area contributed by atoms with E-state index in [-0.39, 0.29) is 0 Å². The van der Waals surface area contributed by atoms with Crippen LogP contribution in [0.2, 0.25) is 0 Å². The van der Waals surface area contributed by atoms with Crippen molar-refractivity contribution >= 4 is 55.8 Å². The van der Waals surface area contributed by atoms with E-state index in [1.807, 2.05) is 17.6 Å². The highest BCUT2D eigenvalue weighted by molar-refractivity contribution is 9.11. The van der Waals surface area contributed by atoms with Gasteiger partial charge in [0.05, 0.1) is 6.20 Å². The number of fused-ring (bicyclic) bond motifs is 1. The zero-order valence-electron chi connectivity index (χ0n) is 10.3. The van der Waals surface area contributed by atoms with E-state index in [2.05, 4.69) is 43.8 Å². The maximum atomic E-state index is 5.85. The van der Waals surface area contributed by atoms with Crippen molar-refractivity contribution in [3.63, 3.8) is 0 Å². The molecule has 3 aromatic heterocycles. The Labute approximate surface area is 127 Å². The van der Waals surface area contributed by atoms with Gasteiger partial charge in [-0.15, -0.1) is 11.3 Å². The molecule has 0 atom stereocenters. The van der Waals surface area contributed by atoms with Crippen molar-refractivity contribution < 1.29 is 0 Å². The molecule has 5 nitrogen and oxygen atoms in total. The normalized spacial score (nSPS) is 11.9. The molecule has 0 amide bonds. The third-order valence-electron chi connectivity index (χ3n) is 2.87. The van der Waals surface area contributed by atoms with Crippen molar-refractivity contribution in [2.45, 2.75) is 0 Å². The summed E-state index contributed by atoms with van der Waals surface area (Å²) in [5.41, 5.74) is 7.63. The molecule has 0 fully saturated rings. The number of halogens is 1. The number of hydrogen-bond donors (Lipinski definition) is 1. The zero-order valence-corrected chi connectivity index (χ0v) is 12.7. The lowest BCUT2D eigenvalue weighted by atomic mass is 10.1. The Morgan fingerprint density at radius 1 is 1.50 bits per heavy atom. The predicted molar refractivity (Wildman–Crippen MR) is 87.4 cm³/mol. The molecular formula is C13H10BrN5S. The molecular weight excluding hydrogens is 338 g/mol. The number of aromatic nitrogens is 3. The van der Waals surface area contributed by atoms with E-state index in [9.17, 15) is 0 Å². The summed E-state index contributed by atoms with van der Waals surface area (Å²) in [5.74, 6) is 1.03. The number of aliphatic imine (C=N–C) groups is 1. The SMILES string of the molecule is C=Nc1c(-c2cnc3sccc3c2)cnn1/C(N)=C/Br. The Bertz CT molecular complexity index is 817. The van der Waals surface area contributed by atoms with Gasteiger partial charge in [-0.25, -0.2) is 9.98 Å². The molecule has 3 aromatic rings. The highest BCUT2D eigenvalue weighted by Crippen LogP contribution is 2.33. The van der Waals surface area contributed by atoms with Crippen LogP contribution in [0.1, 0.15) is 0 Å². The van der Waals surface area contributed by atoms with E-state index >= 15 is 0 Å². The lowest BCUT2D eigenvalue weighted by molar-refractivity contribution is 0.890. The van der Waals surface area contributed by atoms with Gasteiger partial charge < -0.3 is 5.73 Å². The summed E-state index contributed by atoms with van der Waals surface area (Å²) < 4.78 is 1.52. The molecule has 0 bridgehead atoms. The van der Waals surface area contributed by atoms with Crippen molar-refractivity contribution in [2.75, 3.05) is 0 Å². The molecule has 0 spiro atoms. The summed E-state index contributed by atoms with van der Waals surface area (Å²) >= 11 is 4.80. The first-order valence-corrected chi connectivity index (χ1v) is 7.48. The van der Waals surface area contributed by atoms with Crippen LogP contribution in [0, 0.1) is 0 Å². The molecule has 20 heavy (non-hydrogen) atoms. The molecule has 0 radical (unpaired) electrons. The number of nitrogens with two attached hydrogens (primary N) is 1. The first-order valence-electron chi connectivity index (χ1n) is 5.69. The summed E-state index contributed by atoms with van der Waals surface area (Å²) in [6, 6.07) is 4.09. The predicted octanol–water partition coefficient (Wildman–Crippen LogP) is 3.60. The van der Waals surface area contributed by atoms with E-state index in [1.54, 1.807) is 22.5 Å². The van der Waals surface area contributed by atoms with Crippen LogP contribution in [0.5, 0.6) is 0 Å². The van der Waals surface area contributed by atoms with Crippen molar-refractivity contribution in [3.8, 4) is 11.1 Å². The third-order valence-corrected chi connectivity index (χ3v) is 4.17. The van der Waals surface area contributed by atoms with Gasteiger partial charge in [-0.1, -0.05) is 15.9 Å². The van der Waals surface area contributed by atoms with E-state index in [0.29, 0.717) is 11.6 Å². The first-order chi connectivity index (χ1) is 9.74. The third kappa shape index (κ3) is 2.04. The largest absolute Gasteiger partial charge is 0.383 e. The Morgan fingerprint density at radius 2 is 2.35 bits per heavy atom. The summed E-state index contributed by atoms with van der Waals surface area (Å²) in [4.78, 5) is 11.0. The Balaban J connectivity index is 2.18. The highest BCUT2D eigenvalue weighted by atomic mass is 79.9. The maximum absolute atomic E-state index is 5.85. The molecule has 7 heteroatoms. The lowest BCUT2D eigenvalue weighted by Gasteiger charge is -2.04. The topological polar surface area (TPSA) is 69.1 Å². The molecule has 2 N–H and O–H groups in total. The number of nitrogens with zero attached hydrogens (tertiary/aromatic N) is 4. The fourth-order valence-electron chi connectivity index (χ4n) is 1.94. The minimum Gasteiger partial charge on any atom is -0.383 e. The van der Waals surface area contributed by atoms with Gasteiger partial charge in [0.2, 0.25) is 0 Å². The summed E-state index contributed by atoms with van der Waals surface area (Å²) in [5, 5.41) is 7.35. The molecule has 3 rings (SSSR count). The van der Waals surface area contributed by atoms with E-state index < -0.39 is 0 Å². The monoisotopic (exact) mass is 347 g/mol. The van der Waals surface area contributed by atoms with Crippen LogP contribution in [0.25, 0.3) is 27.2 Å². The first kappa shape index (κ1) is 13.0. The zero-order chi connectivity index (χ0) is 14.1. The van der Waals surface area contributed by atoms with Crippen molar-refractivity contribution in [1.29, 1.82) is 0 Å². The quantitative estimate of drug-likeness (QED) is 0.736. The smallest absolute Gasteiger partial charge is 0.164 e. The second kappa shape index (κ2) is 5.18. The van der Waals surface area contributed by atoms with Crippen molar-refractivity contribution in [1.82, 2.24) is 14.8 Å². The second-order valence-electron chi connectivity index (χ2n) is 4.02. The van der Waals surface area contributed by atoms with Gasteiger partial charge in [0, 0.05) is 27.7 Å². The molecule has 0 aliphatic heterocycles. The molecule has 0 aliphatic carbocycles. The molecule has 100 valence electrons. The van der Waals surface area contributed by atoms with E-state index in [4.69, 9.17) is 5.73 Å². The van der Waals surface area contributed by atoms with Crippen LogP contribution in [-0.2, 0) is 0 Å². The number of thiophene rings is 1. The van der Waals surface area contributed by atoms with Crippen LogP contribution in [0.3, 0.4) is 0 Å². The Kier molecular flexibility index (Phi) is 3.37. The van der Waals surface area contributed by atoms with Gasteiger partial charge in [-0.05, 0) is 24.2 Å². The van der Waals surface area contributed by atoms with Gasteiger partial charge in [-0.2, -0.15) is 9.78 Å². The molecule has 0 unspecified atom stereocenters. The van der Waals surface area contributed by atoms with Gasteiger partial charge in [-0.3, -0.25) is 0 Å². The Morgan fingerprint density at radius 3 is 3.10 bits per heavy atom. The lowest BCUT2D eigenvalue weighted by Crippen LogP contribution is -2.06. The van der Waals surface area contributed by atoms with Crippen LogP contribution in [-0.4, -0.2) is 21.5 Å². The van der Waals surface area contributed by atoms with Crippen molar-refractivity contribution in [3.05, 3.63) is 34.9 Å². The van der Waals surface area contributed by atoms with Gasteiger partial charge in [0.25, 0.3) is 0 Å². The maximum Gasteiger partial charge on any atom is 0.164 e. The highest BCUT2D eigenvalue weighted by Gasteiger charge is 2.13. The number of rotatable bonds is 3. The minimum atomic E-state index is 0.434. The van der Waals surface area contributed by atoms with Gasteiger partial charge in [0.1, 0.15) is 10.7 Å². The van der Waals surface area contributed by atoms with Crippen LogP contribution >= 0.6 is 27.3 Å². The molecule has 0 saturated heterocycles. The van der Waals surface area contributed by atoms with E-state index in [1.165, 1.54) is 4.68 Å². The summed E-state index contributed by atoms with van der Waals surface area (Å²) in [6.45, 7) is 3.59. The average molecular weight is 348 g/mol. The molecule has 3 heterocycles. The number of hydrogen-bond acceptors (Lipinski definition) is 5. The van der Waals surface area contributed by atoms with Crippen LogP contribution < -0.4 is 5.73 Å². The second-order valence-corrected chi connectivity index (χ2v) is 5.38. The Hall–Kier alpha value is -1.99. The minimum absolute atomic E-state index is 0.434. The van der Waals surface area contributed by atoms with E-state index in [0.717, 1.165) is 21.3 Å². The van der Waals surface area contributed by atoms with Crippen LogP contribution in [0.4, 0.5) is 5.82 Å². The fourth-order valence-corrected chi connectivity index (χ4v) is 2.85. The van der Waals surface area contributed by atoms with Gasteiger partial charge >= 0.3 is 0 Å². The standard InChI is InChI=1S/C13H10BrN5S/c1-16-12-10(7-18-19(12)11(15)5-14)9-4-8-2-3-20-13(8)17-6-9/h2-7H,1,15H2/b11-5+. The molecule has 0 saturated carbocycles. The summed E-state index contributed by atoms with van der Waals surface area (Å²) in [7, 11) is 0. The van der Waals surface area contributed by atoms with Crippen molar-refractivity contribution in [2.24, 2.45) is 10.7 Å². The molecule has 0 aromatic carbocycles. The summed E-state index contributed by atoms with van der Waals surface area (Å²) in [6.07, 6.45) is 3.52. The molecule has 0 aliphatic rings. The average Bonchev–Trinajstić information content (AvgIpc) is 3.11. The van der Waals surface area contributed by atoms with Gasteiger partial charge in [0.15, 0.2) is 5.82 Å². The van der Waals surface area contributed by atoms with Crippen LogP contribution in [0.15, 0.2) is 39.9 Å². The fraction of sp³-hybridized carbons (Fsp3) is 0. The number of pyridine rings is 1.